The van der Waals surface area contributed by atoms with E-state index in [2.05, 4.69) is 5.32 Å². The molecule has 2 rings (SSSR count). The Hall–Kier alpha value is -2.03. The van der Waals surface area contributed by atoms with Crippen molar-refractivity contribution in [2.75, 3.05) is 13.6 Å². The number of Topliss-reactive ketones (excluding diaryl/α,β-unsaturated/α-hetero) is 1. The average Bonchev–Trinajstić information content (AvgIpc) is 3.13. The summed E-state index contributed by atoms with van der Waals surface area (Å²) in [5.74, 6) is -0.217. The fraction of sp³-hybridized carbons (Fsp3) is 0.333. The Morgan fingerprint density at radius 3 is 2.42 bits per heavy atom. The molecule has 0 unspecified atom stereocenters. The van der Waals surface area contributed by atoms with Gasteiger partial charge in [-0.05, 0) is 36.9 Å². The smallest absolute Gasteiger partial charge is 0.242 e. The predicted octanol–water partition coefficient (Wildman–Crippen LogP) is 2.67. The summed E-state index contributed by atoms with van der Waals surface area (Å²) in [6.07, 6.45) is 0.687. The second kappa shape index (κ2) is 9.07. The number of hydrogen-bond donors (Lipinski definition) is 1. The number of sulfonamides is 1. The van der Waals surface area contributed by atoms with Crippen LogP contribution in [0.4, 0.5) is 0 Å². The molecule has 0 atom stereocenters. The number of amides is 1. The zero-order valence-electron chi connectivity index (χ0n) is 14.8. The third-order valence-corrected chi connectivity index (χ3v) is 6.63. The predicted molar refractivity (Wildman–Crippen MR) is 102 cm³/mol. The van der Waals surface area contributed by atoms with Gasteiger partial charge < -0.3 is 5.32 Å². The quantitative estimate of drug-likeness (QED) is 0.663. The Bertz CT molecular complexity index is 844. The van der Waals surface area contributed by atoms with E-state index in [9.17, 15) is 18.0 Å². The highest BCUT2D eigenvalue weighted by Crippen LogP contribution is 2.16. The number of nitrogens with one attached hydrogen (secondary N) is 1. The Morgan fingerprint density at radius 2 is 1.85 bits per heavy atom. The lowest BCUT2D eigenvalue weighted by molar-refractivity contribution is -0.121. The van der Waals surface area contributed by atoms with Gasteiger partial charge in [-0.1, -0.05) is 18.2 Å². The first-order valence-corrected chi connectivity index (χ1v) is 10.5. The molecule has 1 amide bonds. The van der Waals surface area contributed by atoms with Gasteiger partial charge in [0.25, 0.3) is 0 Å². The van der Waals surface area contributed by atoms with E-state index < -0.39 is 10.0 Å². The molecule has 0 fully saturated rings. The van der Waals surface area contributed by atoms with Gasteiger partial charge in [-0.3, -0.25) is 9.59 Å². The van der Waals surface area contributed by atoms with Crippen LogP contribution < -0.4 is 5.32 Å². The molecule has 8 heteroatoms. The summed E-state index contributed by atoms with van der Waals surface area (Å²) in [6, 6.07) is 9.73. The third kappa shape index (κ3) is 5.48. The van der Waals surface area contributed by atoms with Crippen LogP contribution in [0, 0.1) is 0 Å². The van der Waals surface area contributed by atoms with Crippen LogP contribution in [0.3, 0.4) is 0 Å². The van der Waals surface area contributed by atoms with Crippen LogP contribution in [0.25, 0.3) is 0 Å². The lowest BCUT2D eigenvalue weighted by Gasteiger charge is -2.17. The molecule has 1 heterocycles. The molecule has 0 saturated carbocycles. The molecular weight excluding hydrogens is 372 g/mol. The zero-order valence-corrected chi connectivity index (χ0v) is 16.4. The molecule has 0 aliphatic carbocycles. The van der Waals surface area contributed by atoms with Gasteiger partial charge in [0, 0.05) is 30.5 Å². The van der Waals surface area contributed by atoms with Crippen molar-refractivity contribution in [1.29, 1.82) is 0 Å². The van der Waals surface area contributed by atoms with Crippen molar-refractivity contribution in [2.45, 2.75) is 31.2 Å². The maximum Gasteiger partial charge on any atom is 0.242 e. The Kier molecular flexibility index (Phi) is 7.07. The summed E-state index contributed by atoms with van der Waals surface area (Å²) in [5.41, 5.74) is 0.467. The van der Waals surface area contributed by atoms with Gasteiger partial charge in [-0.2, -0.15) is 0 Å². The highest BCUT2D eigenvalue weighted by atomic mass is 32.2. The Morgan fingerprint density at radius 1 is 1.15 bits per heavy atom. The molecule has 2 aromatic rings. The Labute approximate surface area is 157 Å². The molecule has 6 nitrogen and oxygen atoms in total. The van der Waals surface area contributed by atoms with Crippen LogP contribution in [0.15, 0.2) is 46.7 Å². The summed E-state index contributed by atoms with van der Waals surface area (Å²) in [5, 5.41) is 4.77. The first kappa shape index (κ1) is 20.3. The van der Waals surface area contributed by atoms with Gasteiger partial charge in [0.15, 0.2) is 5.78 Å². The van der Waals surface area contributed by atoms with Gasteiger partial charge in [0.1, 0.15) is 0 Å². The lowest BCUT2D eigenvalue weighted by atomic mass is 10.2. The van der Waals surface area contributed by atoms with E-state index in [1.54, 1.807) is 11.3 Å². The number of carbonyl (C=O) groups excluding carboxylic acids is 2. The minimum atomic E-state index is -3.64. The normalized spacial score (nSPS) is 11.5. The lowest BCUT2D eigenvalue weighted by Crippen LogP contribution is -2.29. The molecule has 26 heavy (non-hydrogen) atoms. The fourth-order valence-corrected chi connectivity index (χ4v) is 4.17. The summed E-state index contributed by atoms with van der Waals surface area (Å²) < 4.78 is 26.2. The van der Waals surface area contributed by atoms with Crippen LogP contribution in [0.5, 0.6) is 0 Å². The highest BCUT2D eigenvalue weighted by molar-refractivity contribution is 7.89. The molecule has 0 saturated heterocycles. The second-order valence-corrected chi connectivity index (χ2v) is 8.94. The Balaban J connectivity index is 1.82. The number of carbonyl (C=O) groups is 2. The minimum absolute atomic E-state index is 0.102. The van der Waals surface area contributed by atoms with E-state index in [1.807, 2.05) is 17.5 Å². The van der Waals surface area contributed by atoms with Crippen molar-refractivity contribution in [3.8, 4) is 0 Å². The van der Waals surface area contributed by atoms with Crippen LogP contribution in [-0.2, 0) is 21.4 Å². The van der Waals surface area contributed by atoms with Gasteiger partial charge >= 0.3 is 0 Å². The molecule has 0 bridgehead atoms. The summed E-state index contributed by atoms with van der Waals surface area (Å²) in [7, 11) is -2.15. The molecular formula is C18H22N2O4S2. The monoisotopic (exact) mass is 394 g/mol. The third-order valence-electron chi connectivity index (χ3n) is 3.89. The highest BCUT2D eigenvalue weighted by Gasteiger charge is 2.20. The van der Waals surface area contributed by atoms with E-state index in [-0.39, 0.29) is 29.6 Å². The van der Waals surface area contributed by atoms with Crippen LogP contribution >= 0.6 is 11.3 Å². The first-order chi connectivity index (χ1) is 12.3. The SMILES string of the molecule is CC(=O)c1ccc(S(=O)(=O)N(C)CCCC(=O)NCc2cccs2)cc1. The van der Waals surface area contributed by atoms with Crippen molar-refractivity contribution < 1.29 is 18.0 Å². The van der Waals surface area contributed by atoms with E-state index in [1.165, 1.54) is 42.5 Å². The number of ketones is 1. The van der Waals surface area contributed by atoms with E-state index >= 15 is 0 Å². The largest absolute Gasteiger partial charge is 0.351 e. The molecule has 1 aromatic carbocycles. The maximum atomic E-state index is 12.5. The average molecular weight is 395 g/mol. The molecule has 140 valence electrons. The molecule has 1 N–H and O–H groups in total. The number of nitrogens with zero attached hydrogens (tertiary/aromatic N) is 1. The van der Waals surface area contributed by atoms with Gasteiger partial charge in [-0.15, -0.1) is 11.3 Å². The number of hydrogen-bond acceptors (Lipinski definition) is 5. The number of rotatable bonds is 9. The second-order valence-electron chi connectivity index (χ2n) is 5.87. The van der Waals surface area contributed by atoms with E-state index in [0.29, 0.717) is 18.5 Å². The summed E-state index contributed by atoms with van der Waals surface area (Å²) in [4.78, 5) is 24.3. The molecule has 0 aliphatic rings. The van der Waals surface area contributed by atoms with Crippen molar-refractivity contribution in [1.82, 2.24) is 9.62 Å². The topological polar surface area (TPSA) is 83.6 Å². The summed E-state index contributed by atoms with van der Waals surface area (Å²) in [6.45, 7) is 2.16. The molecule has 0 radical (unpaired) electrons. The molecule has 1 aromatic heterocycles. The minimum Gasteiger partial charge on any atom is -0.351 e. The van der Waals surface area contributed by atoms with Crippen molar-refractivity contribution in [3.63, 3.8) is 0 Å². The molecule has 0 spiro atoms. The van der Waals surface area contributed by atoms with Crippen LogP contribution in [0.1, 0.15) is 35.0 Å². The molecule has 0 aliphatic heterocycles. The zero-order chi connectivity index (χ0) is 19.2. The van der Waals surface area contributed by atoms with Crippen LogP contribution in [-0.4, -0.2) is 38.0 Å². The van der Waals surface area contributed by atoms with Crippen molar-refractivity contribution in [2.24, 2.45) is 0 Å². The standard InChI is InChI=1S/C18H22N2O4S2/c1-14(21)15-7-9-17(10-8-15)26(23,24)20(2)11-3-6-18(22)19-13-16-5-4-12-25-16/h4-5,7-10,12H,3,6,11,13H2,1-2H3,(H,19,22). The number of benzene rings is 1. The van der Waals surface area contributed by atoms with E-state index in [0.717, 1.165) is 4.88 Å². The van der Waals surface area contributed by atoms with Gasteiger partial charge in [-0.25, -0.2) is 12.7 Å². The summed E-state index contributed by atoms with van der Waals surface area (Å²) >= 11 is 1.57. The van der Waals surface area contributed by atoms with Crippen molar-refractivity contribution >= 4 is 33.1 Å². The maximum absolute atomic E-state index is 12.5. The van der Waals surface area contributed by atoms with E-state index in [4.69, 9.17) is 0 Å². The van der Waals surface area contributed by atoms with Gasteiger partial charge in [0.2, 0.25) is 15.9 Å². The first-order valence-electron chi connectivity index (χ1n) is 8.17. The fourth-order valence-electron chi connectivity index (χ4n) is 2.31. The van der Waals surface area contributed by atoms with Crippen LogP contribution in [0.2, 0.25) is 0 Å². The number of thiophene rings is 1. The van der Waals surface area contributed by atoms with Gasteiger partial charge in [0.05, 0.1) is 11.4 Å². The van der Waals surface area contributed by atoms with Crippen molar-refractivity contribution in [3.05, 3.63) is 52.2 Å².